The fourth-order valence-corrected chi connectivity index (χ4v) is 9.27. The number of nitriles is 1. The zero-order valence-corrected chi connectivity index (χ0v) is 30.9. The molecule has 2 heterocycles. The Balaban J connectivity index is 1.16. The highest BCUT2D eigenvalue weighted by Gasteiger charge is 2.51. The van der Waals surface area contributed by atoms with Crippen LogP contribution in [0.4, 0.5) is 0 Å². The summed E-state index contributed by atoms with van der Waals surface area (Å²) in [4.78, 5) is 9.68. The monoisotopic (exact) mass is 723 g/mol. The van der Waals surface area contributed by atoms with Crippen LogP contribution in [0.5, 0.6) is 0 Å². The van der Waals surface area contributed by atoms with Crippen LogP contribution in [-0.2, 0) is 5.41 Å². The van der Waals surface area contributed by atoms with Crippen LogP contribution < -0.4 is 0 Å². The molecular weight excluding hydrogens is 691 g/mol. The van der Waals surface area contributed by atoms with Gasteiger partial charge in [-0.1, -0.05) is 127 Å². The first kappa shape index (κ1) is 32.7. The Morgan fingerprint density at radius 1 is 0.351 bits per heavy atom. The predicted octanol–water partition coefficient (Wildman–Crippen LogP) is 13.0. The van der Waals surface area contributed by atoms with Crippen LogP contribution in [0.2, 0.25) is 0 Å². The van der Waals surface area contributed by atoms with E-state index in [4.69, 9.17) is 4.98 Å². The smallest absolute Gasteiger partial charge is 0.0991 e. The Bertz CT molecular complexity index is 2970. The van der Waals surface area contributed by atoms with E-state index < -0.39 is 5.41 Å². The van der Waals surface area contributed by atoms with Crippen LogP contribution in [0.3, 0.4) is 0 Å². The van der Waals surface area contributed by atoms with Crippen LogP contribution in [0, 0.1) is 11.3 Å². The van der Waals surface area contributed by atoms with Crippen molar-refractivity contribution in [3.05, 3.63) is 228 Å². The standard InChI is InChI=1S/C54H33N3/c55-34-35-19-21-46-47-22-20-39(31-51(47)54(50(46)27-35)48-17-9-7-15-44(48)45-16-8-10-18-49(45)54)41-28-40(37-23-25-56-26-24-37)29-43(30-41)53-33-42(36-11-3-1-4-12-36)32-52(57-53)38-13-5-2-6-14-38/h1-33H. The van der Waals surface area contributed by atoms with Gasteiger partial charge in [0.1, 0.15) is 0 Å². The van der Waals surface area contributed by atoms with Crippen molar-refractivity contribution in [3.8, 4) is 84.2 Å². The van der Waals surface area contributed by atoms with Crippen molar-refractivity contribution in [2.45, 2.75) is 5.41 Å². The van der Waals surface area contributed by atoms with Crippen molar-refractivity contribution < 1.29 is 0 Å². The highest BCUT2D eigenvalue weighted by Crippen LogP contribution is 2.63. The molecule has 0 amide bonds. The molecule has 0 bridgehead atoms. The SMILES string of the molecule is N#Cc1ccc2c(c1)C1(c3ccccc3-c3ccccc31)c1cc(-c3cc(-c4ccncc4)cc(-c4cc(-c5ccccc5)cc(-c5ccccc5)n4)c3)ccc1-2. The Labute approximate surface area is 331 Å². The third kappa shape index (κ3) is 5.12. The Kier molecular flexibility index (Phi) is 7.45. The maximum atomic E-state index is 10.1. The van der Waals surface area contributed by atoms with E-state index in [0.717, 1.165) is 61.5 Å². The van der Waals surface area contributed by atoms with E-state index in [1.165, 1.54) is 38.9 Å². The molecule has 11 rings (SSSR count). The van der Waals surface area contributed by atoms with Crippen molar-refractivity contribution in [3.63, 3.8) is 0 Å². The highest BCUT2D eigenvalue weighted by molar-refractivity contribution is 5.96. The van der Waals surface area contributed by atoms with Crippen LogP contribution in [0.25, 0.3) is 78.1 Å². The lowest BCUT2D eigenvalue weighted by Crippen LogP contribution is -2.26. The third-order valence-corrected chi connectivity index (χ3v) is 11.8. The summed E-state index contributed by atoms with van der Waals surface area (Å²) in [6.07, 6.45) is 3.70. The number of benzene rings is 7. The highest BCUT2D eigenvalue weighted by atomic mass is 14.7. The molecule has 9 aromatic rings. The van der Waals surface area contributed by atoms with Crippen LogP contribution >= 0.6 is 0 Å². The van der Waals surface area contributed by atoms with Gasteiger partial charge in [0.25, 0.3) is 0 Å². The van der Waals surface area contributed by atoms with E-state index in [2.05, 4.69) is 187 Å². The summed E-state index contributed by atoms with van der Waals surface area (Å²) >= 11 is 0. The van der Waals surface area contributed by atoms with E-state index in [9.17, 15) is 5.26 Å². The molecule has 0 N–H and O–H groups in total. The molecule has 0 saturated heterocycles. The Morgan fingerprint density at radius 2 is 0.842 bits per heavy atom. The van der Waals surface area contributed by atoms with Crippen LogP contribution in [0.15, 0.2) is 200 Å². The minimum Gasteiger partial charge on any atom is -0.265 e. The second-order valence-corrected chi connectivity index (χ2v) is 14.9. The van der Waals surface area contributed by atoms with Crippen LogP contribution in [-0.4, -0.2) is 9.97 Å². The normalized spacial score (nSPS) is 12.7. The topological polar surface area (TPSA) is 49.6 Å². The lowest BCUT2D eigenvalue weighted by atomic mass is 9.70. The van der Waals surface area contributed by atoms with Gasteiger partial charge in [-0.05, 0) is 139 Å². The first-order valence-electron chi connectivity index (χ1n) is 19.3. The second kappa shape index (κ2) is 13.0. The number of hydrogen-bond acceptors (Lipinski definition) is 3. The number of aromatic nitrogens is 2. The summed E-state index contributed by atoms with van der Waals surface area (Å²) in [6, 6.07) is 69.5. The van der Waals surface area contributed by atoms with Gasteiger partial charge < -0.3 is 0 Å². The summed E-state index contributed by atoms with van der Waals surface area (Å²) in [6.45, 7) is 0. The summed E-state index contributed by atoms with van der Waals surface area (Å²) in [7, 11) is 0. The van der Waals surface area contributed by atoms with Gasteiger partial charge in [0.05, 0.1) is 28.4 Å². The van der Waals surface area contributed by atoms with E-state index >= 15 is 0 Å². The van der Waals surface area contributed by atoms with Crippen molar-refractivity contribution in [1.29, 1.82) is 5.26 Å². The zero-order valence-electron chi connectivity index (χ0n) is 30.9. The molecule has 2 aliphatic carbocycles. The van der Waals surface area contributed by atoms with E-state index in [1.54, 1.807) is 0 Å². The molecule has 3 nitrogen and oxygen atoms in total. The fourth-order valence-electron chi connectivity index (χ4n) is 9.27. The van der Waals surface area contributed by atoms with Gasteiger partial charge in [-0.25, -0.2) is 4.98 Å². The molecule has 1 spiro atoms. The maximum Gasteiger partial charge on any atom is 0.0991 e. The quantitative estimate of drug-likeness (QED) is 0.178. The minimum atomic E-state index is -0.567. The van der Waals surface area contributed by atoms with Gasteiger partial charge >= 0.3 is 0 Å². The molecule has 0 saturated carbocycles. The molecule has 264 valence electrons. The van der Waals surface area contributed by atoms with E-state index in [-0.39, 0.29) is 0 Å². The number of fused-ring (bicyclic) bond motifs is 10. The fraction of sp³-hybridized carbons (Fsp3) is 0.0185. The molecule has 3 heteroatoms. The minimum absolute atomic E-state index is 0.567. The first-order chi connectivity index (χ1) is 28.2. The molecule has 0 aliphatic heterocycles. The molecule has 7 aromatic carbocycles. The molecule has 0 atom stereocenters. The van der Waals surface area contributed by atoms with E-state index in [1.807, 2.05) is 24.5 Å². The van der Waals surface area contributed by atoms with Crippen LogP contribution in [0.1, 0.15) is 27.8 Å². The largest absolute Gasteiger partial charge is 0.265 e. The van der Waals surface area contributed by atoms with Gasteiger partial charge in [0.2, 0.25) is 0 Å². The van der Waals surface area contributed by atoms with Crippen molar-refractivity contribution in [2.75, 3.05) is 0 Å². The average molecular weight is 724 g/mol. The van der Waals surface area contributed by atoms with Crippen molar-refractivity contribution >= 4 is 0 Å². The van der Waals surface area contributed by atoms with Gasteiger partial charge in [0, 0.05) is 23.5 Å². The summed E-state index contributed by atoms with van der Waals surface area (Å²) < 4.78 is 0. The van der Waals surface area contributed by atoms with Gasteiger partial charge in [0.15, 0.2) is 0 Å². The Hall–Kier alpha value is -7.67. The summed E-state index contributed by atoms with van der Waals surface area (Å²) in [5.74, 6) is 0. The summed E-state index contributed by atoms with van der Waals surface area (Å²) in [5, 5.41) is 10.1. The molecule has 2 aliphatic rings. The summed E-state index contributed by atoms with van der Waals surface area (Å²) in [5.41, 5.74) is 20.4. The number of nitrogens with zero attached hydrogens (tertiary/aromatic N) is 3. The van der Waals surface area contributed by atoms with Gasteiger partial charge in [-0.3, -0.25) is 4.98 Å². The van der Waals surface area contributed by atoms with Gasteiger partial charge in [-0.15, -0.1) is 0 Å². The van der Waals surface area contributed by atoms with Crippen molar-refractivity contribution in [2.24, 2.45) is 0 Å². The number of hydrogen-bond donors (Lipinski definition) is 0. The molecular formula is C54H33N3. The average Bonchev–Trinajstić information content (AvgIpc) is 3.76. The molecule has 2 aromatic heterocycles. The van der Waals surface area contributed by atoms with Gasteiger partial charge in [-0.2, -0.15) is 5.26 Å². The predicted molar refractivity (Wildman–Crippen MR) is 230 cm³/mol. The zero-order chi connectivity index (χ0) is 37.9. The molecule has 0 radical (unpaired) electrons. The maximum absolute atomic E-state index is 10.1. The molecule has 57 heavy (non-hydrogen) atoms. The van der Waals surface area contributed by atoms with E-state index in [0.29, 0.717) is 5.56 Å². The first-order valence-corrected chi connectivity index (χ1v) is 19.3. The second-order valence-electron chi connectivity index (χ2n) is 14.9. The number of pyridine rings is 2. The lowest BCUT2D eigenvalue weighted by molar-refractivity contribution is 0.793. The lowest BCUT2D eigenvalue weighted by Gasteiger charge is -2.30. The molecule has 0 unspecified atom stereocenters. The molecule has 0 fully saturated rings. The number of rotatable bonds is 5. The van der Waals surface area contributed by atoms with Crippen molar-refractivity contribution in [1.82, 2.24) is 9.97 Å². The third-order valence-electron chi connectivity index (χ3n) is 11.8. The Morgan fingerprint density at radius 3 is 1.51 bits per heavy atom.